The fourth-order valence-corrected chi connectivity index (χ4v) is 4.50. The van der Waals surface area contributed by atoms with Crippen LogP contribution in [0.2, 0.25) is 0 Å². The molecule has 5 N–H and O–H groups in total. The standard InChI is InChI=1S/C30H38N10O4/c1-31-30(43)27-23(35-22-11-9-10-21(28(22)44-3)29-34-19-40(2)39-29)16-25(37-38-27)36-24-14-13-20(18-33-24)17-32-15-8-6-4-5-7-12-26(41)42/h9-11,13-14,16,18-19,32H,4-8,12,15,17H2,1-3H3,(H,31,43)(H,41,42)(H2,33,35,36,37). The van der Waals surface area contributed by atoms with E-state index in [9.17, 15) is 9.59 Å². The van der Waals surface area contributed by atoms with E-state index in [-0.39, 0.29) is 12.1 Å². The second-order valence-electron chi connectivity index (χ2n) is 10.1. The SMILES string of the molecule is CNC(=O)c1nnc(Nc2ccc(CNCCCCCCCC(=O)O)cn2)cc1Nc1cccc(-c2ncn(C)n2)c1OC. The normalized spacial score (nSPS) is 10.8. The van der Waals surface area contributed by atoms with Gasteiger partial charge in [-0.2, -0.15) is 5.10 Å². The molecule has 232 valence electrons. The monoisotopic (exact) mass is 602 g/mol. The van der Waals surface area contributed by atoms with Crippen molar-refractivity contribution in [3.05, 3.63) is 60.2 Å². The zero-order valence-electron chi connectivity index (χ0n) is 25.1. The molecule has 0 aliphatic rings. The third-order valence-corrected chi connectivity index (χ3v) is 6.72. The summed E-state index contributed by atoms with van der Waals surface area (Å²) in [5.74, 6) is 0.848. The van der Waals surface area contributed by atoms with Crippen molar-refractivity contribution in [3.8, 4) is 17.1 Å². The largest absolute Gasteiger partial charge is 0.494 e. The van der Waals surface area contributed by atoms with Crippen molar-refractivity contribution < 1.29 is 19.4 Å². The van der Waals surface area contributed by atoms with Crippen molar-refractivity contribution >= 4 is 34.9 Å². The highest BCUT2D eigenvalue weighted by Crippen LogP contribution is 2.37. The van der Waals surface area contributed by atoms with Crippen LogP contribution in [0.25, 0.3) is 11.4 Å². The molecular formula is C30H38N10O4. The number of ether oxygens (including phenoxy) is 1. The van der Waals surface area contributed by atoms with Crippen molar-refractivity contribution in [1.82, 2.24) is 40.6 Å². The maximum atomic E-state index is 12.6. The average Bonchev–Trinajstić information content (AvgIpc) is 3.46. The first kappa shape index (κ1) is 31.8. The number of anilines is 4. The molecular weight excluding hydrogens is 564 g/mol. The molecule has 3 heterocycles. The second kappa shape index (κ2) is 15.9. The van der Waals surface area contributed by atoms with Crippen LogP contribution in [0.3, 0.4) is 0 Å². The summed E-state index contributed by atoms with van der Waals surface area (Å²) in [4.78, 5) is 32.0. The number of aromatic nitrogens is 6. The van der Waals surface area contributed by atoms with E-state index in [0.29, 0.717) is 46.7 Å². The Hall–Kier alpha value is -5.11. The fourth-order valence-electron chi connectivity index (χ4n) is 4.50. The summed E-state index contributed by atoms with van der Waals surface area (Å²) in [7, 11) is 4.87. The quantitative estimate of drug-likeness (QED) is 0.110. The Kier molecular flexibility index (Phi) is 11.5. The molecule has 0 radical (unpaired) electrons. The number of methoxy groups -OCH3 is 1. The molecule has 0 fully saturated rings. The summed E-state index contributed by atoms with van der Waals surface area (Å²) in [6.07, 6.45) is 8.49. The number of pyridine rings is 1. The summed E-state index contributed by atoms with van der Waals surface area (Å²) in [6, 6.07) is 11.0. The molecule has 0 saturated carbocycles. The minimum absolute atomic E-state index is 0.108. The molecule has 0 unspecified atom stereocenters. The number of amides is 1. The number of nitrogens with one attached hydrogen (secondary N) is 4. The topological polar surface area (TPSA) is 181 Å². The molecule has 0 bridgehead atoms. The fraction of sp³-hybridized carbons (Fsp3) is 0.367. The molecule has 14 nitrogen and oxygen atoms in total. The zero-order valence-corrected chi connectivity index (χ0v) is 25.1. The summed E-state index contributed by atoms with van der Waals surface area (Å²) >= 11 is 0. The van der Waals surface area contributed by atoms with Gasteiger partial charge in [0.1, 0.15) is 12.1 Å². The lowest BCUT2D eigenvalue weighted by atomic mass is 10.1. The van der Waals surface area contributed by atoms with Gasteiger partial charge in [-0.15, -0.1) is 10.2 Å². The molecule has 0 aliphatic heterocycles. The van der Waals surface area contributed by atoms with Gasteiger partial charge in [-0.3, -0.25) is 14.3 Å². The summed E-state index contributed by atoms with van der Waals surface area (Å²) < 4.78 is 7.32. The maximum absolute atomic E-state index is 12.6. The Bertz CT molecular complexity index is 1540. The molecule has 44 heavy (non-hydrogen) atoms. The lowest BCUT2D eigenvalue weighted by molar-refractivity contribution is -0.137. The van der Waals surface area contributed by atoms with Gasteiger partial charge < -0.3 is 31.1 Å². The van der Waals surface area contributed by atoms with Crippen LogP contribution in [-0.4, -0.2) is 67.6 Å². The molecule has 1 amide bonds. The number of para-hydroxylation sites is 1. The Morgan fingerprint density at radius 2 is 1.77 bits per heavy atom. The van der Waals surface area contributed by atoms with E-state index >= 15 is 0 Å². The number of carbonyl (C=O) groups is 2. The smallest absolute Gasteiger partial charge is 0.303 e. The predicted octanol–water partition coefficient (Wildman–Crippen LogP) is 4.04. The highest BCUT2D eigenvalue weighted by molar-refractivity contribution is 5.99. The van der Waals surface area contributed by atoms with Crippen LogP contribution in [0.15, 0.2) is 48.9 Å². The van der Waals surface area contributed by atoms with E-state index in [2.05, 4.69) is 46.5 Å². The van der Waals surface area contributed by atoms with Crippen LogP contribution >= 0.6 is 0 Å². The second-order valence-corrected chi connectivity index (χ2v) is 10.1. The number of carboxylic acids is 1. The van der Waals surface area contributed by atoms with Crippen molar-refractivity contribution in [3.63, 3.8) is 0 Å². The number of aliphatic carboxylic acids is 1. The lowest BCUT2D eigenvalue weighted by Gasteiger charge is -2.16. The van der Waals surface area contributed by atoms with Gasteiger partial charge in [-0.05, 0) is 43.1 Å². The molecule has 0 atom stereocenters. The van der Waals surface area contributed by atoms with Crippen LogP contribution in [0.1, 0.15) is 54.6 Å². The Morgan fingerprint density at radius 3 is 2.48 bits per heavy atom. The predicted molar refractivity (Wildman–Crippen MR) is 166 cm³/mol. The highest BCUT2D eigenvalue weighted by Gasteiger charge is 2.19. The van der Waals surface area contributed by atoms with Crippen LogP contribution < -0.4 is 26.0 Å². The number of rotatable bonds is 17. The third kappa shape index (κ3) is 8.94. The first-order valence-corrected chi connectivity index (χ1v) is 14.4. The lowest BCUT2D eigenvalue weighted by Crippen LogP contribution is -2.21. The van der Waals surface area contributed by atoms with E-state index in [1.54, 1.807) is 37.4 Å². The van der Waals surface area contributed by atoms with Crippen molar-refractivity contribution in [2.75, 3.05) is 31.3 Å². The first-order chi connectivity index (χ1) is 21.4. The van der Waals surface area contributed by atoms with E-state index in [4.69, 9.17) is 9.84 Å². The molecule has 1 aromatic carbocycles. The van der Waals surface area contributed by atoms with E-state index in [0.717, 1.165) is 44.2 Å². The number of benzene rings is 1. The number of unbranched alkanes of at least 4 members (excludes halogenated alkanes) is 4. The van der Waals surface area contributed by atoms with Gasteiger partial charge in [-0.1, -0.05) is 31.4 Å². The molecule has 0 aliphatic carbocycles. The van der Waals surface area contributed by atoms with Gasteiger partial charge in [0, 0.05) is 39.3 Å². The number of carbonyl (C=O) groups excluding carboxylic acids is 1. The summed E-state index contributed by atoms with van der Waals surface area (Å²) in [5, 5.41) is 33.9. The van der Waals surface area contributed by atoms with Gasteiger partial charge in [0.25, 0.3) is 5.91 Å². The van der Waals surface area contributed by atoms with Crippen LogP contribution in [0.5, 0.6) is 5.75 Å². The first-order valence-electron chi connectivity index (χ1n) is 14.4. The average molecular weight is 603 g/mol. The van der Waals surface area contributed by atoms with E-state index < -0.39 is 11.9 Å². The van der Waals surface area contributed by atoms with Gasteiger partial charge in [0.05, 0.1) is 24.0 Å². The maximum Gasteiger partial charge on any atom is 0.303 e. The van der Waals surface area contributed by atoms with Crippen molar-refractivity contribution in [2.24, 2.45) is 7.05 Å². The Balaban J connectivity index is 1.39. The van der Waals surface area contributed by atoms with Gasteiger partial charge >= 0.3 is 5.97 Å². The van der Waals surface area contributed by atoms with Gasteiger partial charge in [-0.25, -0.2) is 9.97 Å². The van der Waals surface area contributed by atoms with Gasteiger partial charge in [0.2, 0.25) is 0 Å². The van der Waals surface area contributed by atoms with Gasteiger partial charge in [0.15, 0.2) is 23.1 Å². The zero-order chi connectivity index (χ0) is 31.3. The van der Waals surface area contributed by atoms with E-state index in [1.165, 1.54) is 7.05 Å². The minimum atomic E-state index is -0.728. The Labute approximate surface area is 255 Å². The molecule has 4 rings (SSSR count). The molecule has 0 saturated heterocycles. The Morgan fingerprint density at radius 1 is 0.955 bits per heavy atom. The van der Waals surface area contributed by atoms with Crippen LogP contribution in [0, 0.1) is 0 Å². The minimum Gasteiger partial charge on any atom is -0.494 e. The molecule has 3 aromatic heterocycles. The van der Waals surface area contributed by atoms with E-state index in [1.807, 2.05) is 30.3 Å². The molecule has 4 aromatic rings. The number of aryl methyl sites for hydroxylation is 1. The third-order valence-electron chi connectivity index (χ3n) is 6.72. The number of carboxylic acid groups (broad SMARTS) is 1. The summed E-state index contributed by atoms with van der Waals surface area (Å²) in [6.45, 7) is 1.57. The van der Waals surface area contributed by atoms with Crippen LogP contribution in [0.4, 0.5) is 23.0 Å². The number of hydrogen-bond acceptors (Lipinski definition) is 11. The highest BCUT2D eigenvalue weighted by atomic mass is 16.5. The summed E-state index contributed by atoms with van der Waals surface area (Å²) in [5.41, 5.74) is 2.83. The molecule has 14 heteroatoms. The number of nitrogens with zero attached hydrogens (tertiary/aromatic N) is 6. The van der Waals surface area contributed by atoms with Crippen LogP contribution in [-0.2, 0) is 18.4 Å². The van der Waals surface area contributed by atoms with Crippen molar-refractivity contribution in [2.45, 2.75) is 45.1 Å². The number of hydrogen-bond donors (Lipinski definition) is 5. The van der Waals surface area contributed by atoms with Crippen molar-refractivity contribution in [1.29, 1.82) is 0 Å². The molecule has 0 spiro atoms.